The van der Waals surface area contributed by atoms with Crippen molar-refractivity contribution in [2.24, 2.45) is 11.8 Å². The fourth-order valence-electron chi connectivity index (χ4n) is 4.47. The molecule has 0 saturated carbocycles. The molecule has 2 aromatic rings. The molecule has 176 valence electrons. The predicted molar refractivity (Wildman–Crippen MR) is 120 cm³/mol. The minimum atomic E-state index is -0.394. The Morgan fingerprint density at radius 3 is 2.52 bits per heavy atom. The summed E-state index contributed by atoms with van der Waals surface area (Å²) in [6.45, 7) is 1.72. The third-order valence-electron chi connectivity index (χ3n) is 6.35. The molecule has 1 aromatic heterocycles. The van der Waals surface area contributed by atoms with Crippen LogP contribution in [0.15, 0.2) is 41.0 Å². The third-order valence-corrected chi connectivity index (χ3v) is 6.35. The summed E-state index contributed by atoms with van der Waals surface area (Å²) in [7, 11) is 3.10. The Bertz CT molecular complexity index is 998. The molecule has 1 aromatic carbocycles. The summed E-state index contributed by atoms with van der Waals surface area (Å²) in [5.41, 5.74) is 0.680. The van der Waals surface area contributed by atoms with Crippen molar-refractivity contribution in [1.82, 2.24) is 10.2 Å². The number of furan rings is 1. The Kier molecular flexibility index (Phi) is 6.86. The summed E-state index contributed by atoms with van der Waals surface area (Å²) in [5.74, 6) is 1.16. The Labute approximate surface area is 192 Å². The molecule has 2 saturated heterocycles. The number of carbonyl (C=O) groups is 3. The van der Waals surface area contributed by atoms with E-state index < -0.39 is 5.92 Å². The normalized spacial score (nSPS) is 19.0. The molecule has 3 heterocycles. The van der Waals surface area contributed by atoms with Crippen LogP contribution in [-0.2, 0) is 20.9 Å². The van der Waals surface area contributed by atoms with Gasteiger partial charge in [-0.1, -0.05) is 0 Å². The zero-order valence-corrected chi connectivity index (χ0v) is 18.9. The number of likely N-dealkylation sites (tertiary alicyclic amines) is 1. The van der Waals surface area contributed by atoms with Gasteiger partial charge in [-0.15, -0.1) is 0 Å². The summed E-state index contributed by atoms with van der Waals surface area (Å²) in [4.78, 5) is 41.6. The van der Waals surface area contributed by atoms with Gasteiger partial charge in [0, 0.05) is 43.7 Å². The van der Waals surface area contributed by atoms with E-state index in [1.54, 1.807) is 54.5 Å². The minimum absolute atomic E-state index is 0.0193. The maximum Gasteiger partial charge on any atom is 0.228 e. The molecule has 0 bridgehead atoms. The first kappa shape index (κ1) is 22.7. The highest BCUT2D eigenvalue weighted by Crippen LogP contribution is 2.34. The Hall–Kier alpha value is -3.49. The smallest absolute Gasteiger partial charge is 0.228 e. The van der Waals surface area contributed by atoms with Crippen molar-refractivity contribution in [3.05, 3.63) is 42.4 Å². The van der Waals surface area contributed by atoms with Gasteiger partial charge < -0.3 is 29.0 Å². The van der Waals surface area contributed by atoms with Crippen LogP contribution in [0.1, 0.15) is 25.0 Å². The molecule has 0 spiro atoms. The van der Waals surface area contributed by atoms with Gasteiger partial charge in [0.25, 0.3) is 0 Å². The minimum Gasteiger partial charge on any atom is -0.493 e. The van der Waals surface area contributed by atoms with E-state index in [9.17, 15) is 14.4 Å². The molecule has 1 atom stereocenters. The lowest BCUT2D eigenvalue weighted by Crippen LogP contribution is -2.45. The zero-order chi connectivity index (χ0) is 23.4. The second-order valence-electron chi connectivity index (χ2n) is 8.34. The zero-order valence-electron chi connectivity index (χ0n) is 18.9. The van der Waals surface area contributed by atoms with Crippen molar-refractivity contribution >= 4 is 23.4 Å². The number of anilines is 1. The Morgan fingerprint density at radius 2 is 1.85 bits per heavy atom. The van der Waals surface area contributed by atoms with Crippen LogP contribution in [-0.4, -0.2) is 56.5 Å². The van der Waals surface area contributed by atoms with E-state index in [2.05, 4.69) is 5.32 Å². The van der Waals surface area contributed by atoms with Gasteiger partial charge in [0.15, 0.2) is 11.5 Å². The molecule has 0 radical (unpaired) electrons. The number of rotatable bonds is 7. The predicted octanol–water partition coefficient (Wildman–Crippen LogP) is 2.20. The molecule has 1 N–H and O–H groups in total. The van der Waals surface area contributed by atoms with Crippen LogP contribution in [0.4, 0.5) is 5.69 Å². The largest absolute Gasteiger partial charge is 0.493 e. The first-order chi connectivity index (χ1) is 16.0. The van der Waals surface area contributed by atoms with Crippen LogP contribution in [0.2, 0.25) is 0 Å². The van der Waals surface area contributed by atoms with Crippen LogP contribution in [0.3, 0.4) is 0 Å². The van der Waals surface area contributed by atoms with E-state index in [0.717, 1.165) is 0 Å². The number of nitrogens with one attached hydrogen (secondary N) is 1. The average Bonchev–Trinajstić information content (AvgIpc) is 3.51. The number of amides is 3. The fraction of sp³-hybridized carbons (Fsp3) is 0.458. The van der Waals surface area contributed by atoms with Crippen molar-refractivity contribution in [2.75, 3.05) is 38.8 Å². The van der Waals surface area contributed by atoms with Gasteiger partial charge in [0.1, 0.15) is 5.76 Å². The maximum absolute atomic E-state index is 13.1. The van der Waals surface area contributed by atoms with Crippen molar-refractivity contribution in [3.8, 4) is 11.5 Å². The average molecular weight is 456 g/mol. The highest BCUT2D eigenvalue weighted by molar-refractivity contribution is 6.00. The molecule has 2 fully saturated rings. The van der Waals surface area contributed by atoms with Crippen LogP contribution in [0.25, 0.3) is 0 Å². The SMILES string of the molecule is COc1ccc(N2CC(C(=O)N3CCC(C(=O)NCc4ccco4)CC3)CC2=O)cc1OC. The molecule has 2 aliphatic rings. The van der Waals surface area contributed by atoms with Crippen molar-refractivity contribution in [3.63, 3.8) is 0 Å². The number of hydrogen-bond acceptors (Lipinski definition) is 6. The molecule has 2 aliphatic heterocycles. The number of carbonyl (C=O) groups excluding carboxylic acids is 3. The topological polar surface area (TPSA) is 101 Å². The van der Waals surface area contributed by atoms with Crippen LogP contribution in [0, 0.1) is 11.8 Å². The summed E-state index contributed by atoms with van der Waals surface area (Å²) in [6.07, 6.45) is 2.97. The number of nitrogens with zero attached hydrogens (tertiary/aromatic N) is 2. The van der Waals surface area contributed by atoms with Crippen LogP contribution in [0.5, 0.6) is 11.5 Å². The van der Waals surface area contributed by atoms with Crippen molar-refractivity contribution in [2.45, 2.75) is 25.8 Å². The van der Waals surface area contributed by atoms with Gasteiger partial charge in [0.2, 0.25) is 17.7 Å². The Morgan fingerprint density at radius 1 is 1.09 bits per heavy atom. The number of ether oxygens (including phenoxy) is 2. The third kappa shape index (κ3) is 4.97. The lowest BCUT2D eigenvalue weighted by Gasteiger charge is -2.32. The lowest BCUT2D eigenvalue weighted by atomic mass is 9.94. The molecular formula is C24H29N3O6. The molecular weight excluding hydrogens is 426 g/mol. The van der Waals surface area contributed by atoms with Gasteiger partial charge in [-0.3, -0.25) is 14.4 Å². The first-order valence-electron chi connectivity index (χ1n) is 11.1. The molecule has 9 heteroatoms. The van der Waals surface area contributed by atoms with Crippen molar-refractivity contribution < 1.29 is 28.3 Å². The lowest BCUT2D eigenvalue weighted by molar-refractivity contribution is -0.139. The Balaban J connectivity index is 1.30. The summed E-state index contributed by atoms with van der Waals surface area (Å²) in [5, 5.41) is 2.89. The molecule has 3 amide bonds. The fourth-order valence-corrected chi connectivity index (χ4v) is 4.47. The van der Waals surface area contributed by atoms with E-state index in [1.165, 1.54) is 0 Å². The molecule has 9 nitrogen and oxygen atoms in total. The number of piperidine rings is 1. The number of hydrogen-bond donors (Lipinski definition) is 1. The highest BCUT2D eigenvalue weighted by atomic mass is 16.5. The van der Waals surface area contributed by atoms with Gasteiger partial charge in [-0.2, -0.15) is 0 Å². The number of methoxy groups -OCH3 is 2. The van der Waals surface area contributed by atoms with Gasteiger partial charge in [0.05, 0.1) is 32.9 Å². The summed E-state index contributed by atoms with van der Waals surface area (Å²) < 4.78 is 15.8. The van der Waals surface area contributed by atoms with E-state index in [0.29, 0.717) is 62.0 Å². The quantitative estimate of drug-likeness (QED) is 0.687. The summed E-state index contributed by atoms with van der Waals surface area (Å²) >= 11 is 0. The van der Waals surface area contributed by atoms with Gasteiger partial charge in [-0.25, -0.2) is 0 Å². The van der Waals surface area contributed by atoms with E-state index in [4.69, 9.17) is 13.9 Å². The van der Waals surface area contributed by atoms with E-state index in [-0.39, 0.29) is 30.1 Å². The molecule has 33 heavy (non-hydrogen) atoms. The van der Waals surface area contributed by atoms with Crippen molar-refractivity contribution in [1.29, 1.82) is 0 Å². The van der Waals surface area contributed by atoms with E-state index >= 15 is 0 Å². The maximum atomic E-state index is 13.1. The second-order valence-corrected chi connectivity index (χ2v) is 8.34. The van der Waals surface area contributed by atoms with Crippen LogP contribution >= 0.6 is 0 Å². The molecule has 4 rings (SSSR count). The van der Waals surface area contributed by atoms with Gasteiger partial charge >= 0.3 is 0 Å². The summed E-state index contributed by atoms with van der Waals surface area (Å²) in [6, 6.07) is 8.88. The van der Waals surface area contributed by atoms with E-state index in [1.807, 2.05) is 6.07 Å². The van der Waals surface area contributed by atoms with Crippen LogP contribution < -0.4 is 19.7 Å². The first-order valence-corrected chi connectivity index (χ1v) is 11.1. The standard InChI is InChI=1S/C24H29N3O6/c1-31-20-6-5-18(13-21(20)32-2)27-15-17(12-22(27)28)24(30)26-9-7-16(8-10-26)23(29)25-14-19-4-3-11-33-19/h3-6,11,13,16-17H,7-10,12,14-15H2,1-2H3,(H,25,29). The van der Waals surface area contributed by atoms with Gasteiger partial charge in [-0.05, 0) is 37.1 Å². The monoisotopic (exact) mass is 455 g/mol. The molecule has 1 unspecified atom stereocenters. The second kappa shape index (κ2) is 9.97. The highest BCUT2D eigenvalue weighted by Gasteiger charge is 2.38. The molecule has 0 aliphatic carbocycles. The number of benzene rings is 1.